The van der Waals surface area contributed by atoms with Crippen molar-refractivity contribution in [2.75, 3.05) is 19.8 Å². The number of nitrogens with two attached hydrogens (primary N) is 1. The second-order valence-electron chi connectivity index (χ2n) is 5.53. The molecule has 0 spiro atoms. The van der Waals surface area contributed by atoms with E-state index in [1.54, 1.807) is 0 Å². The molecule has 1 aliphatic carbocycles. The molecule has 0 radical (unpaired) electrons. The summed E-state index contributed by atoms with van der Waals surface area (Å²) in [5, 5.41) is 3.05. The van der Waals surface area contributed by atoms with Crippen LogP contribution in [0.1, 0.15) is 26.2 Å². The minimum Gasteiger partial charge on any atom is -0.381 e. The molecule has 2 unspecified atom stereocenters. The van der Waals surface area contributed by atoms with Crippen molar-refractivity contribution in [2.45, 2.75) is 32.2 Å². The van der Waals surface area contributed by atoms with Crippen LogP contribution in [0.4, 0.5) is 0 Å². The maximum Gasteiger partial charge on any atom is 0.227 e. The first-order chi connectivity index (χ1) is 8.09. The number of nitrogens with one attached hydrogen (secondary N) is 1. The fourth-order valence-electron chi connectivity index (χ4n) is 2.39. The summed E-state index contributed by atoms with van der Waals surface area (Å²) in [6, 6.07) is 0.0458. The number of ether oxygens (including phenoxy) is 1. The van der Waals surface area contributed by atoms with Gasteiger partial charge in [-0.25, -0.2) is 0 Å². The molecule has 1 aliphatic heterocycles. The Morgan fingerprint density at radius 3 is 2.76 bits per heavy atom. The molecular formula is C13H22N2O2. The highest BCUT2D eigenvalue weighted by Crippen LogP contribution is 2.29. The third-order valence-electron chi connectivity index (χ3n) is 3.84. The fraction of sp³-hybridized carbons (Fsp3) is 0.769. The first-order valence-corrected chi connectivity index (χ1v) is 6.38. The second kappa shape index (κ2) is 5.19. The summed E-state index contributed by atoms with van der Waals surface area (Å²) >= 11 is 0. The van der Waals surface area contributed by atoms with E-state index in [0.717, 1.165) is 39.0 Å². The van der Waals surface area contributed by atoms with Gasteiger partial charge in [0.1, 0.15) is 0 Å². The minimum absolute atomic E-state index is 0.0339. The lowest BCUT2D eigenvalue weighted by Gasteiger charge is -2.33. The average Bonchev–Trinajstić information content (AvgIpc) is 2.74. The molecule has 1 fully saturated rings. The van der Waals surface area contributed by atoms with Crippen LogP contribution in [0, 0.1) is 11.3 Å². The van der Waals surface area contributed by atoms with Crippen LogP contribution >= 0.6 is 0 Å². The summed E-state index contributed by atoms with van der Waals surface area (Å²) in [7, 11) is 0. The van der Waals surface area contributed by atoms with E-state index < -0.39 is 0 Å². The lowest BCUT2D eigenvalue weighted by molar-refractivity contribution is -0.124. The highest BCUT2D eigenvalue weighted by Gasteiger charge is 2.29. The number of amides is 1. The van der Waals surface area contributed by atoms with Gasteiger partial charge in [-0.05, 0) is 24.7 Å². The molecule has 1 heterocycles. The first kappa shape index (κ1) is 12.6. The van der Waals surface area contributed by atoms with Gasteiger partial charge < -0.3 is 15.8 Å². The highest BCUT2D eigenvalue weighted by atomic mass is 16.5. The Hall–Kier alpha value is -0.870. The van der Waals surface area contributed by atoms with E-state index >= 15 is 0 Å². The summed E-state index contributed by atoms with van der Waals surface area (Å²) < 4.78 is 5.35. The van der Waals surface area contributed by atoms with Crippen LogP contribution in [0.5, 0.6) is 0 Å². The van der Waals surface area contributed by atoms with Crippen LogP contribution in [-0.2, 0) is 9.53 Å². The van der Waals surface area contributed by atoms with Gasteiger partial charge >= 0.3 is 0 Å². The molecule has 0 saturated carbocycles. The Bertz CT molecular complexity index is 309. The van der Waals surface area contributed by atoms with Gasteiger partial charge in [-0.1, -0.05) is 19.1 Å². The summed E-state index contributed by atoms with van der Waals surface area (Å²) in [4.78, 5) is 11.9. The van der Waals surface area contributed by atoms with Crippen LogP contribution in [0.2, 0.25) is 0 Å². The maximum atomic E-state index is 11.9. The van der Waals surface area contributed by atoms with Crippen molar-refractivity contribution >= 4 is 5.91 Å². The first-order valence-electron chi connectivity index (χ1n) is 6.38. The zero-order valence-electron chi connectivity index (χ0n) is 10.4. The fourth-order valence-corrected chi connectivity index (χ4v) is 2.39. The molecule has 4 heteroatoms. The van der Waals surface area contributed by atoms with Crippen molar-refractivity contribution in [3.63, 3.8) is 0 Å². The van der Waals surface area contributed by atoms with E-state index in [9.17, 15) is 4.79 Å². The van der Waals surface area contributed by atoms with Gasteiger partial charge in [0.2, 0.25) is 5.91 Å². The van der Waals surface area contributed by atoms with Gasteiger partial charge in [-0.3, -0.25) is 4.79 Å². The minimum atomic E-state index is -0.0339. The number of hydrogen-bond donors (Lipinski definition) is 2. The van der Waals surface area contributed by atoms with Crippen LogP contribution in [0.3, 0.4) is 0 Å². The lowest BCUT2D eigenvalue weighted by Crippen LogP contribution is -2.41. The smallest absolute Gasteiger partial charge is 0.227 e. The molecule has 17 heavy (non-hydrogen) atoms. The highest BCUT2D eigenvalue weighted by molar-refractivity contribution is 5.81. The number of rotatable bonds is 3. The molecule has 3 N–H and O–H groups in total. The molecule has 2 atom stereocenters. The third kappa shape index (κ3) is 3.30. The standard InChI is InChI=1S/C13H22N2O2/c1-13(4-6-17-7-5-13)9-15-12(16)10-2-3-11(14)8-10/h2-3,10-11H,4-9,14H2,1H3,(H,15,16). The largest absolute Gasteiger partial charge is 0.381 e. The summed E-state index contributed by atoms with van der Waals surface area (Å²) in [6.45, 7) is 4.57. The van der Waals surface area contributed by atoms with Crippen LogP contribution < -0.4 is 11.1 Å². The van der Waals surface area contributed by atoms with Gasteiger partial charge in [0.05, 0.1) is 5.92 Å². The molecule has 2 rings (SSSR count). The zero-order valence-corrected chi connectivity index (χ0v) is 10.4. The summed E-state index contributed by atoms with van der Waals surface area (Å²) in [5.74, 6) is 0.0790. The Morgan fingerprint density at radius 2 is 2.18 bits per heavy atom. The number of carbonyl (C=O) groups excluding carboxylic acids is 1. The maximum absolute atomic E-state index is 11.9. The van der Waals surface area contributed by atoms with Crippen molar-refractivity contribution in [3.8, 4) is 0 Å². The van der Waals surface area contributed by atoms with Crippen molar-refractivity contribution < 1.29 is 9.53 Å². The van der Waals surface area contributed by atoms with E-state index in [1.165, 1.54) is 0 Å². The zero-order chi connectivity index (χ0) is 12.3. The molecule has 1 amide bonds. The van der Waals surface area contributed by atoms with E-state index in [0.29, 0.717) is 0 Å². The van der Waals surface area contributed by atoms with Gasteiger partial charge in [0.15, 0.2) is 0 Å². The van der Waals surface area contributed by atoms with Crippen molar-refractivity contribution in [2.24, 2.45) is 17.1 Å². The van der Waals surface area contributed by atoms with E-state index in [1.807, 2.05) is 12.2 Å². The molecule has 4 nitrogen and oxygen atoms in total. The third-order valence-corrected chi connectivity index (χ3v) is 3.84. The predicted octanol–water partition coefficient (Wildman–Crippen LogP) is 0.823. The van der Waals surface area contributed by atoms with E-state index in [4.69, 9.17) is 10.5 Å². The lowest BCUT2D eigenvalue weighted by atomic mass is 9.82. The Morgan fingerprint density at radius 1 is 1.47 bits per heavy atom. The number of hydrogen-bond acceptors (Lipinski definition) is 3. The van der Waals surface area contributed by atoms with E-state index in [2.05, 4.69) is 12.2 Å². The molecule has 96 valence electrons. The Balaban J connectivity index is 1.77. The van der Waals surface area contributed by atoms with Gasteiger partial charge in [0, 0.05) is 25.8 Å². The molecule has 2 aliphatic rings. The monoisotopic (exact) mass is 238 g/mol. The van der Waals surface area contributed by atoms with Crippen molar-refractivity contribution in [3.05, 3.63) is 12.2 Å². The van der Waals surface area contributed by atoms with Crippen LogP contribution in [0.25, 0.3) is 0 Å². The molecule has 0 aromatic heterocycles. The van der Waals surface area contributed by atoms with Crippen LogP contribution in [-0.4, -0.2) is 31.7 Å². The van der Waals surface area contributed by atoms with E-state index in [-0.39, 0.29) is 23.3 Å². The van der Waals surface area contributed by atoms with Gasteiger partial charge in [-0.2, -0.15) is 0 Å². The molecule has 1 saturated heterocycles. The Labute approximate surface area is 103 Å². The van der Waals surface area contributed by atoms with Gasteiger partial charge in [-0.15, -0.1) is 0 Å². The Kier molecular flexibility index (Phi) is 3.84. The molecule has 0 aromatic carbocycles. The van der Waals surface area contributed by atoms with Crippen LogP contribution in [0.15, 0.2) is 12.2 Å². The normalized spacial score (nSPS) is 31.4. The molecule has 0 aromatic rings. The number of carbonyl (C=O) groups is 1. The topological polar surface area (TPSA) is 64.4 Å². The SMILES string of the molecule is CC1(CNC(=O)C2C=CC(N)C2)CCOCC1. The second-order valence-corrected chi connectivity index (χ2v) is 5.53. The molecular weight excluding hydrogens is 216 g/mol. The average molecular weight is 238 g/mol. The van der Waals surface area contributed by atoms with Crippen molar-refractivity contribution in [1.29, 1.82) is 0 Å². The summed E-state index contributed by atoms with van der Waals surface area (Å²) in [5.41, 5.74) is 5.94. The summed E-state index contributed by atoms with van der Waals surface area (Å²) in [6.07, 6.45) is 6.62. The quantitative estimate of drug-likeness (QED) is 0.716. The van der Waals surface area contributed by atoms with Crippen molar-refractivity contribution in [1.82, 2.24) is 5.32 Å². The predicted molar refractivity (Wildman–Crippen MR) is 66.4 cm³/mol. The molecule has 0 bridgehead atoms. The van der Waals surface area contributed by atoms with Gasteiger partial charge in [0.25, 0.3) is 0 Å².